The Labute approximate surface area is 98.0 Å². The highest BCUT2D eigenvalue weighted by atomic mass is 19.3. The molecule has 17 heavy (non-hydrogen) atoms. The molecule has 1 aromatic carbocycles. The number of carbonyl (C=O) groups is 1. The topological polar surface area (TPSA) is 55.1 Å². The number of nitrogens with two attached hydrogens (primary N) is 1. The van der Waals surface area contributed by atoms with Gasteiger partial charge in [-0.2, -0.15) is 8.78 Å². The Bertz CT molecular complexity index is 458. The van der Waals surface area contributed by atoms with Crippen LogP contribution in [0.5, 0.6) is 0 Å². The molecule has 1 atom stereocenters. The van der Waals surface area contributed by atoms with Crippen molar-refractivity contribution in [2.75, 3.05) is 5.32 Å². The normalized spacial score (nSPS) is 17.3. The molecule has 1 aliphatic heterocycles. The van der Waals surface area contributed by atoms with Gasteiger partial charge in [0, 0.05) is 17.7 Å². The number of rotatable bonds is 2. The van der Waals surface area contributed by atoms with Crippen LogP contribution in [0.15, 0.2) is 18.2 Å². The van der Waals surface area contributed by atoms with Crippen LogP contribution in [0, 0.1) is 0 Å². The molecule has 0 bridgehead atoms. The van der Waals surface area contributed by atoms with Crippen LogP contribution in [0.4, 0.5) is 14.5 Å². The van der Waals surface area contributed by atoms with E-state index in [1.165, 1.54) is 25.1 Å². The summed E-state index contributed by atoms with van der Waals surface area (Å²) in [6.07, 6.45) is 0.824. The smallest absolute Gasteiger partial charge is 0.287 e. The van der Waals surface area contributed by atoms with Gasteiger partial charge in [0.05, 0.1) is 6.04 Å². The van der Waals surface area contributed by atoms with Crippen LogP contribution in [-0.2, 0) is 17.1 Å². The van der Waals surface area contributed by atoms with E-state index < -0.39 is 12.0 Å². The highest BCUT2D eigenvalue weighted by Gasteiger charge is 2.36. The quantitative estimate of drug-likeness (QED) is 0.830. The fourth-order valence-electron chi connectivity index (χ4n) is 1.85. The molecule has 5 heteroatoms. The molecule has 0 fully saturated rings. The molecule has 3 N–H and O–H groups in total. The van der Waals surface area contributed by atoms with Gasteiger partial charge in [-0.05, 0) is 31.0 Å². The summed E-state index contributed by atoms with van der Waals surface area (Å²) in [4.78, 5) is 11.1. The van der Waals surface area contributed by atoms with Crippen LogP contribution in [0.3, 0.4) is 0 Å². The van der Waals surface area contributed by atoms with Gasteiger partial charge in [-0.3, -0.25) is 4.79 Å². The number of carbonyl (C=O) groups excluding carboxylic acids is 1. The number of hydrogen-bond acceptors (Lipinski definition) is 2. The first-order valence-electron chi connectivity index (χ1n) is 5.48. The van der Waals surface area contributed by atoms with Crippen LogP contribution in [0.2, 0.25) is 0 Å². The van der Waals surface area contributed by atoms with Crippen molar-refractivity contribution in [3.63, 3.8) is 0 Å². The first kappa shape index (κ1) is 12.0. The Morgan fingerprint density at radius 3 is 2.76 bits per heavy atom. The van der Waals surface area contributed by atoms with Gasteiger partial charge in [0.2, 0.25) is 5.91 Å². The second-order valence-corrected chi connectivity index (χ2v) is 4.33. The van der Waals surface area contributed by atoms with Gasteiger partial charge < -0.3 is 11.1 Å². The van der Waals surface area contributed by atoms with Crippen LogP contribution < -0.4 is 11.1 Å². The maximum absolute atomic E-state index is 13.7. The van der Waals surface area contributed by atoms with Gasteiger partial charge in [0.1, 0.15) is 0 Å². The summed E-state index contributed by atoms with van der Waals surface area (Å²) < 4.78 is 27.4. The molecule has 3 nitrogen and oxygen atoms in total. The minimum Gasteiger partial charge on any atom is -0.326 e. The van der Waals surface area contributed by atoms with Crippen molar-refractivity contribution < 1.29 is 13.6 Å². The third-order valence-corrected chi connectivity index (χ3v) is 2.96. The number of halogens is 2. The highest BCUT2D eigenvalue weighted by Crippen LogP contribution is 2.34. The maximum Gasteiger partial charge on any atom is 0.287 e. The number of anilines is 1. The summed E-state index contributed by atoms with van der Waals surface area (Å²) in [5.41, 5.74) is 6.54. The van der Waals surface area contributed by atoms with E-state index in [0.717, 1.165) is 5.56 Å². The Morgan fingerprint density at radius 1 is 1.41 bits per heavy atom. The third kappa shape index (κ3) is 2.15. The van der Waals surface area contributed by atoms with Crippen molar-refractivity contribution in [3.05, 3.63) is 29.3 Å². The number of fused-ring (bicyclic) bond motifs is 1. The van der Waals surface area contributed by atoms with E-state index in [1.807, 2.05) is 0 Å². The van der Waals surface area contributed by atoms with Crippen LogP contribution in [-0.4, -0.2) is 11.9 Å². The molecular formula is C12H14F2N2O. The summed E-state index contributed by atoms with van der Waals surface area (Å²) in [5.74, 6) is -3.12. The van der Waals surface area contributed by atoms with E-state index in [4.69, 9.17) is 5.73 Å². The minimum absolute atomic E-state index is 0.0794. The van der Waals surface area contributed by atoms with Gasteiger partial charge in [0.15, 0.2) is 0 Å². The van der Waals surface area contributed by atoms with E-state index in [0.29, 0.717) is 18.5 Å². The Kier molecular flexibility index (Phi) is 2.87. The van der Waals surface area contributed by atoms with Crippen LogP contribution >= 0.6 is 0 Å². The molecule has 1 amide bonds. The largest absolute Gasteiger partial charge is 0.326 e. The second-order valence-electron chi connectivity index (χ2n) is 4.33. The zero-order valence-electron chi connectivity index (χ0n) is 9.47. The number of aryl methyl sites for hydroxylation is 1. The lowest BCUT2D eigenvalue weighted by Crippen LogP contribution is -2.36. The molecule has 0 spiro atoms. The first-order chi connectivity index (χ1) is 7.91. The van der Waals surface area contributed by atoms with Crippen molar-refractivity contribution in [1.82, 2.24) is 0 Å². The lowest BCUT2D eigenvalue weighted by atomic mass is 9.95. The third-order valence-electron chi connectivity index (χ3n) is 2.96. The molecule has 0 aromatic heterocycles. The molecule has 1 aromatic rings. The highest BCUT2D eigenvalue weighted by molar-refractivity contribution is 5.93. The Balaban J connectivity index is 2.37. The molecule has 1 unspecified atom stereocenters. The van der Waals surface area contributed by atoms with Crippen LogP contribution in [0.25, 0.3) is 0 Å². The van der Waals surface area contributed by atoms with E-state index >= 15 is 0 Å². The SMILES string of the molecule is CC(N)C(F)(F)c1ccc2c(c1)CCC(=O)N2. The second kappa shape index (κ2) is 4.07. The molecular weight excluding hydrogens is 226 g/mol. The molecule has 0 saturated heterocycles. The standard InChI is InChI=1S/C12H14F2N2O/c1-7(15)12(13,14)9-3-4-10-8(6-9)2-5-11(17)16-10/h3-4,6-7H,2,5,15H2,1H3,(H,16,17). The predicted molar refractivity (Wildman–Crippen MR) is 60.9 cm³/mol. The van der Waals surface area contributed by atoms with Gasteiger partial charge in [-0.1, -0.05) is 6.07 Å². The summed E-state index contributed by atoms with van der Waals surface area (Å²) >= 11 is 0. The number of hydrogen-bond donors (Lipinski definition) is 2. The number of benzene rings is 1. The van der Waals surface area contributed by atoms with E-state index in [1.54, 1.807) is 0 Å². The van der Waals surface area contributed by atoms with Crippen LogP contribution in [0.1, 0.15) is 24.5 Å². The lowest BCUT2D eigenvalue weighted by molar-refractivity contribution is -0.116. The van der Waals surface area contributed by atoms with E-state index in [-0.39, 0.29) is 11.5 Å². The lowest BCUT2D eigenvalue weighted by Gasteiger charge is -2.23. The summed E-state index contributed by atoms with van der Waals surface area (Å²) in [5, 5.41) is 2.65. The molecule has 1 heterocycles. The molecule has 92 valence electrons. The Hall–Kier alpha value is -1.49. The number of amides is 1. The zero-order valence-corrected chi connectivity index (χ0v) is 9.47. The van der Waals surface area contributed by atoms with Crippen molar-refractivity contribution in [2.45, 2.75) is 31.7 Å². The van der Waals surface area contributed by atoms with Crippen molar-refractivity contribution >= 4 is 11.6 Å². The molecule has 0 aliphatic carbocycles. The minimum atomic E-state index is -3.05. The molecule has 1 aliphatic rings. The monoisotopic (exact) mass is 240 g/mol. The Morgan fingerprint density at radius 2 is 2.12 bits per heavy atom. The van der Waals surface area contributed by atoms with Gasteiger partial charge >= 0.3 is 0 Å². The maximum atomic E-state index is 13.7. The summed E-state index contributed by atoms with van der Waals surface area (Å²) in [6, 6.07) is 3.02. The summed E-state index contributed by atoms with van der Waals surface area (Å²) in [6.45, 7) is 1.28. The van der Waals surface area contributed by atoms with Gasteiger partial charge in [-0.15, -0.1) is 0 Å². The summed E-state index contributed by atoms with van der Waals surface area (Å²) in [7, 11) is 0. The zero-order chi connectivity index (χ0) is 12.6. The van der Waals surface area contributed by atoms with Crippen molar-refractivity contribution in [2.24, 2.45) is 5.73 Å². The predicted octanol–water partition coefficient (Wildman–Crippen LogP) is 2.01. The molecule has 0 saturated carbocycles. The van der Waals surface area contributed by atoms with Gasteiger partial charge in [0.25, 0.3) is 5.92 Å². The number of alkyl halides is 2. The average Bonchev–Trinajstić information content (AvgIpc) is 2.28. The fourth-order valence-corrected chi connectivity index (χ4v) is 1.85. The van der Waals surface area contributed by atoms with E-state index in [2.05, 4.69) is 5.32 Å². The average molecular weight is 240 g/mol. The number of nitrogens with one attached hydrogen (secondary N) is 1. The first-order valence-corrected chi connectivity index (χ1v) is 5.48. The van der Waals surface area contributed by atoms with E-state index in [9.17, 15) is 13.6 Å². The van der Waals surface area contributed by atoms with Crippen molar-refractivity contribution in [1.29, 1.82) is 0 Å². The van der Waals surface area contributed by atoms with Crippen molar-refractivity contribution in [3.8, 4) is 0 Å². The molecule has 0 radical (unpaired) electrons. The fraction of sp³-hybridized carbons (Fsp3) is 0.417. The van der Waals surface area contributed by atoms with Gasteiger partial charge in [-0.25, -0.2) is 0 Å². The molecule has 2 rings (SSSR count).